The van der Waals surface area contributed by atoms with E-state index in [1.54, 1.807) is 17.6 Å². The number of amides is 1. The summed E-state index contributed by atoms with van der Waals surface area (Å²) in [4.78, 5) is 12.2. The van der Waals surface area contributed by atoms with E-state index in [9.17, 15) is 4.79 Å². The Bertz CT molecular complexity index is 657. The van der Waals surface area contributed by atoms with Gasteiger partial charge in [-0.15, -0.1) is 10.2 Å². The van der Waals surface area contributed by atoms with Crippen molar-refractivity contribution in [3.05, 3.63) is 40.4 Å². The minimum atomic E-state index is -0.265. The lowest BCUT2D eigenvalue weighted by molar-refractivity contribution is 0.102. The number of hydrogen-bond acceptors (Lipinski definition) is 5. The van der Waals surface area contributed by atoms with E-state index in [0.29, 0.717) is 22.7 Å². The van der Waals surface area contributed by atoms with Crippen molar-refractivity contribution in [2.75, 3.05) is 11.9 Å². The lowest BCUT2D eigenvalue weighted by Crippen LogP contribution is -2.13. The molecule has 6 heteroatoms. The summed E-state index contributed by atoms with van der Waals surface area (Å²) in [7, 11) is 0. The second kappa shape index (κ2) is 6.80. The van der Waals surface area contributed by atoms with Gasteiger partial charge >= 0.3 is 0 Å². The molecule has 1 heterocycles. The third kappa shape index (κ3) is 3.63. The zero-order chi connectivity index (χ0) is 14.4. The van der Waals surface area contributed by atoms with Gasteiger partial charge in [0.2, 0.25) is 5.13 Å². The summed E-state index contributed by atoms with van der Waals surface area (Å²) in [6.45, 7) is 1.91. The first-order valence-electron chi connectivity index (χ1n) is 5.98. The fourth-order valence-electron chi connectivity index (χ4n) is 1.56. The SMILES string of the molecule is Cc1ccc(C#CCCO)c(C(=O)Nc2nncs2)c1. The zero-order valence-electron chi connectivity index (χ0n) is 10.9. The molecule has 0 saturated carbocycles. The number of hydrogen-bond donors (Lipinski definition) is 2. The zero-order valence-corrected chi connectivity index (χ0v) is 11.7. The number of aliphatic hydroxyl groups is 1. The molecule has 0 unspecified atom stereocenters. The fourth-order valence-corrected chi connectivity index (χ4v) is 2.00. The predicted octanol–water partition coefficient (Wildman–Crippen LogP) is 1.83. The van der Waals surface area contributed by atoms with Gasteiger partial charge in [0.1, 0.15) is 5.51 Å². The molecule has 0 spiro atoms. The number of nitrogens with one attached hydrogen (secondary N) is 1. The van der Waals surface area contributed by atoms with Crippen molar-refractivity contribution in [3.63, 3.8) is 0 Å². The topological polar surface area (TPSA) is 75.1 Å². The Labute approximate surface area is 120 Å². The van der Waals surface area contributed by atoms with E-state index in [0.717, 1.165) is 5.56 Å². The summed E-state index contributed by atoms with van der Waals surface area (Å²) < 4.78 is 0. The van der Waals surface area contributed by atoms with Crippen LogP contribution in [0, 0.1) is 18.8 Å². The molecule has 0 aliphatic carbocycles. The Kier molecular flexibility index (Phi) is 4.82. The van der Waals surface area contributed by atoms with E-state index in [1.165, 1.54) is 11.3 Å². The molecule has 0 radical (unpaired) electrons. The number of benzene rings is 1. The highest BCUT2D eigenvalue weighted by Gasteiger charge is 2.12. The number of carbonyl (C=O) groups is 1. The summed E-state index contributed by atoms with van der Waals surface area (Å²) in [6, 6.07) is 5.47. The average Bonchev–Trinajstić information content (AvgIpc) is 2.93. The molecule has 5 nitrogen and oxygen atoms in total. The van der Waals surface area contributed by atoms with Gasteiger partial charge < -0.3 is 5.11 Å². The Morgan fingerprint density at radius 3 is 3.05 bits per heavy atom. The third-order valence-electron chi connectivity index (χ3n) is 2.46. The molecular weight excluding hydrogens is 274 g/mol. The molecule has 0 saturated heterocycles. The maximum absolute atomic E-state index is 12.2. The highest BCUT2D eigenvalue weighted by atomic mass is 32.1. The van der Waals surface area contributed by atoms with E-state index in [4.69, 9.17) is 5.11 Å². The van der Waals surface area contributed by atoms with E-state index >= 15 is 0 Å². The molecule has 0 aliphatic rings. The second-order valence-corrected chi connectivity index (χ2v) is 4.86. The first kappa shape index (κ1) is 14.2. The van der Waals surface area contributed by atoms with E-state index in [-0.39, 0.29) is 12.5 Å². The van der Waals surface area contributed by atoms with Crippen molar-refractivity contribution in [3.8, 4) is 11.8 Å². The van der Waals surface area contributed by atoms with Crippen molar-refractivity contribution in [2.45, 2.75) is 13.3 Å². The smallest absolute Gasteiger partial charge is 0.258 e. The Morgan fingerprint density at radius 1 is 1.50 bits per heavy atom. The van der Waals surface area contributed by atoms with Crippen molar-refractivity contribution in [2.24, 2.45) is 0 Å². The number of anilines is 1. The molecule has 0 bridgehead atoms. The van der Waals surface area contributed by atoms with Gasteiger partial charge in [-0.1, -0.05) is 34.8 Å². The van der Waals surface area contributed by atoms with E-state index in [1.807, 2.05) is 13.0 Å². The van der Waals surface area contributed by atoms with Crippen LogP contribution in [0.2, 0.25) is 0 Å². The van der Waals surface area contributed by atoms with Gasteiger partial charge in [0, 0.05) is 12.0 Å². The van der Waals surface area contributed by atoms with Gasteiger partial charge in [0.25, 0.3) is 5.91 Å². The minimum Gasteiger partial charge on any atom is -0.395 e. The largest absolute Gasteiger partial charge is 0.395 e. The Hall–Kier alpha value is -2.23. The molecule has 1 aromatic carbocycles. The van der Waals surface area contributed by atoms with Crippen LogP contribution in [0.5, 0.6) is 0 Å². The minimum absolute atomic E-state index is 0.00513. The first-order valence-corrected chi connectivity index (χ1v) is 6.86. The lowest BCUT2D eigenvalue weighted by Gasteiger charge is -2.05. The maximum Gasteiger partial charge on any atom is 0.258 e. The van der Waals surface area contributed by atoms with Crippen LogP contribution in [0.4, 0.5) is 5.13 Å². The second-order valence-electron chi connectivity index (χ2n) is 4.02. The molecule has 0 atom stereocenters. The van der Waals surface area contributed by atoms with Gasteiger partial charge in [-0.2, -0.15) is 0 Å². The Morgan fingerprint density at radius 2 is 2.35 bits per heavy atom. The molecule has 0 aliphatic heterocycles. The van der Waals surface area contributed by atoms with Crippen LogP contribution in [0.15, 0.2) is 23.7 Å². The van der Waals surface area contributed by atoms with E-state index in [2.05, 4.69) is 27.4 Å². The number of aryl methyl sites for hydroxylation is 1. The van der Waals surface area contributed by atoms with E-state index < -0.39 is 0 Å². The first-order chi connectivity index (χ1) is 9.70. The summed E-state index contributed by atoms with van der Waals surface area (Å²) in [5, 5.41) is 19.3. The fraction of sp³-hybridized carbons (Fsp3) is 0.214. The number of aliphatic hydroxyl groups excluding tert-OH is 1. The lowest BCUT2D eigenvalue weighted by atomic mass is 10.0. The number of rotatable bonds is 3. The molecule has 1 amide bonds. The summed E-state index contributed by atoms with van der Waals surface area (Å²) in [5.41, 5.74) is 3.64. The van der Waals surface area contributed by atoms with Gasteiger partial charge in [-0.25, -0.2) is 0 Å². The summed E-state index contributed by atoms with van der Waals surface area (Å²) in [6.07, 6.45) is 0.380. The van der Waals surface area contributed by atoms with Crippen LogP contribution in [0.3, 0.4) is 0 Å². The van der Waals surface area contributed by atoms with Gasteiger partial charge in [0.05, 0.1) is 12.2 Å². The summed E-state index contributed by atoms with van der Waals surface area (Å²) in [5.74, 6) is 5.45. The van der Waals surface area contributed by atoms with Gasteiger partial charge in [-0.05, 0) is 19.1 Å². The monoisotopic (exact) mass is 287 g/mol. The molecule has 20 heavy (non-hydrogen) atoms. The summed E-state index contributed by atoms with van der Waals surface area (Å²) >= 11 is 1.25. The molecule has 0 fully saturated rings. The molecule has 102 valence electrons. The standard InChI is InChI=1S/C14H13N3O2S/c1-10-5-6-11(4-2-3-7-18)12(8-10)13(19)16-14-17-15-9-20-14/h5-6,8-9,18H,3,7H2,1H3,(H,16,17,19). The molecule has 1 aromatic heterocycles. The predicted molar refractivity (Wildman–Crippen MR) is 77.6 cm³/mol. The number of aromatic nitrogens is 2. The quantitative estimate of drug-likeness (QED) is 0.845. The van der Waals surface area contributed by atoms with Crippen LogP contribution in [0.25, 0.3) is 0 Å². The number of carbonyl (C=O) groups excluding carboxylic acids is 1. The van der Waals surface area contributed by atoms with Crippen LogP contribution in [-0.2, 0) is 0 Å². The molecular formula is C14H13N3O2S. The van der Waals surface area contributed by atoms with Gasteiger partial charge in [-0.3, -0.25) is 10.1 Å². The Balaban J connectivity index is 2.27. The normalized spacial score (nSPS) is 9.70. The van der Waals surface area contributed by atoms with Crippen molar-refractivity contribution in [1.82, 2.24) is 10.2 Å². The molecule has 2 N–H and O–H groups in total. The van der Waals surface area contributed by atoms with Crippen molar-refractivity contribution in [1.29, 1.82) is 0 Å². The van der Waals surface area contributed by atoms with Crippen molar-refractivity contribution < 1.29 is 9.90 Å². The molecule has 2 aromatic rings. The van der Waals surface area contributed by atoms with Crippen LogP contribution in [-0.4, -0.2) is 27.8 Å². The maximum atomic E-state index is 12.2. The number of nitrogens with zero attached hydrogens (tertiary/aromatic N) is 2. The van der Waals surface area contributed by atoms with Crippen LogP contribution >= 0.6 is 11.3 Å². The average molecular weight is 287 g/mol. The highest BCUT2D eigenvalue weighted by Crippen LogP contribution is 2.15. The highest BCUT2D eigenvalue weighted by molar-refractivity contribution is 7.13. The van der Waals surface area contributed by atoms with Gasteiger partial charge in [0.15, 0.2) is 0 Å². The molecule has 2 rings (SSSR count). The van der Waals surface area contributed by atoms with Crippen LogP contribution < -0.4 is 5.32 Å². The van der Waals surface area contributed by atoms with Crippen molar-refractivity contribution >= 4 is 22.4 Å². The van der Waals surface area contributed by atoms with Crippen LogP contribution in [0.1, 0.15) is 27.9 Å². The third-order valence-corrected chi connectivity index (χ3v) is 3.07.